The van der Waals surface area contributed by atoms with E-state index in [9.17, 15) is 9.59 Å². The molecule has 0 aliphatic carbocycles. The second-order valence-electron chi connectivity index (χ2n) is 10.6. The molecule has 1 aliphatic rings. The van der Waals surface area contributed by atoms with Crippen LogP contribution in [0, 0.1) is 0 Å². The molecule has 0 amide bonds. The molecule has 1 unspecified atom stereocenters. The molecular weight excluding hydrogens is 585 g/mol. The van der Waals surface area contributed by atoms with Crippen molar-refractivity contribution in [1.29, 1.82) is 0 Å². The summed E-state index contributed by atoms with van der Waals surface area (Å²) in [5, 5.41) is 0.408. The molecule has 0 bridgehead atoms. The molecule has 1 atom stereocenters. The van der Waals surface area contributed by atoms with Crippen molar-refractivity contribution < 1.29 is 19.1 Å². The molecule has 4 rings (SSSR count). The highest BCUT2D eigenvalue weighted by molar-refractivity contribution is 8.09. The van der Waals surface area contributed by atoms with E-state index in [1.165, 1.54) is 36.9 Å². The molecule has 0 saturated carbocycles. The number of rotatable bonds is 17. The van der Waals surface area contributed by atoms with Gasteiger partial charge in [-0.1, -0.05) is 80.9 Å². The van der Waals surface area contributed by atoms with Gasteiger partial charge < -0.3 is 9.47 Å². The van der Waals surface area contributed by atoms with Gasteiger partial charge in [0.1, 0.15) is 12.2 Å². The summed E-state index contributed by atoms with van der Waals surface area (Å²) in [6.07, 6.45) is 12.7. The Morgan fingerprint density at radius 3 is 1.75 bits per heavy atom. The van der Waals surface area contributed by atoms with E-state index in [2.05, 4.69) is 93.1 Å². The van der Waals surface area contributed by atoms with E-state index >= 15 is 0 Å². The summed E-state index contributed by atoms with van der Waals surface area (Å²) in [5.41, 5.74) is 4.96. The highest BCUT2D eigenvalue weighted by Gasteiger charge is 2.22. The molecule has 0 N–H and O–H groups in total. The van der Waals surface area contributed by atoms with Crippen LogP contribution < -0.4 is 0 Å². The van der Waals surface area contributed by atoms with Gasteiger partial charge in [0.15, 0.2) is 0 Å². The first-order valence-electron chi connectivity index (χ1n) is 15.0. The zero-order valence-electron chi connectivity index (χ0n) is 25.1. The SMILES string of the molecule is C=CC(C=C)OC(=O)CCCc1ccc(-c2ccc(C3=CCC(c4ccc(CCCC(=O)OC(C=C)C=C)cc4)S3)s2)cc1. The van der Waals surface area contributed by atoms with Crippen molar-refractivity contribution in [3.63, 3.8) is 0 Å². The Kier molecular flexibility index (Phi) is 12.6. The summed E-state index contributed by atoms with van der Waals surface area (Å²) in [6.45, 7) is 14.6. The average Bonchev–Trinajstić information content (AvgIpc) is 3.74. The van der Waals surface area contributed by atoms with Crippen LogP contribution in [0.15, 0.2) is 117 Å². The zero-order valence-corrected chi connectivity index (χ0v) is 26.8. The fourth-order valence-corrected chi connectivity index (χ4v) is 7.25. The van der Waals surface area contributed by atoms with Crippen LogP contribution in [0.25, 0.3) is 15.3 Å². The minimum absolute atomic E-state index is 0.223. The number of benzene rings is 2. The number of carbonyl (C=O) groups is 2. The summed E-state index contributed by atoms with van der Waals surface area (Å²) in [5.74, 6) is -0.450. The van der Waals surface area contributed by atoms with Gasteiger partial charge in [-0.3, -0.25) is 9.59 Å². The largest absolute Gasteiger partial charge is 0.454 e. The number of hydrogen-bond donors (Lipinski definition) is 0. The average molecular weight is 625 g/mol. The van der Waals surface area contributed by atoms with Crippen molar-refractivity contribution in [2.24, 2.45) is 0 Å². The zero-order chi connectivity index (χ0) is 31.3. The van der Waals surface area contributed by atoms with Crippen LogP contribution in [0.4, 0.5) is 0 Å². The molecule has 0 radical (unpaired) electrons. The Bertz CT molecular complexity index is 1460. The van der Waals surface area contributed by atoms with Gasteiger partial charge >= 0.3 is 11.9 Å². The number of esters is 2. The van der Waals surface area contributed by atoms with Gasteiger partial charge in [-0.15, -0.1) is 23.1 Å². The van der Waals surface area contributed by atoms with Gasteiger partial charge in [0, 0.05) is 32.8 Å². The van der Waals surface area contributed by atoms with Gasteiger partial charge in [-0.2, -0.15) is 0 Å². The van der Waals surface area contributed by atoms with Crippen LogP contribution in [0.5, 0.6) is 0 Å². The maximum atomic E-state index is 12.0. The predicted molar refractivity (Wildman–Crippen MR) is 186 cm³/mol. The molecule has 6 heteroatoms. The summed E-state index contributed by atoms with van der Waals surface area (Å²) in [7, 11) is 0. The van der Waals surface area contributed by atoms with Crippen molar-refractivity contribution in [1.82, 2.24) is 0 Å². The molecule has 1 aliphatic heterocycles. The predicted octanol–water partition coefficient (Wildman–Crippen LogP) is 9.85. The van der Waals surface area contributed by atoms with Gasteiger partial charge in [-0.05, 0) is 90.8 Å². The van der Waals surface area contributed by atoms with E-state index < -0.39 is 12.2 Å². The first-order valence-corrected chi connectivity index (χ1v) is 16.7. The van der Waals surface area contributed by atoms with Crippen molar-refractivity contribution in [2.45, 2.75) is 62.4 Å². The molecule has 2 heterocycles. The van der Waals surface area contributed by atoms with Crippen molar-refractivity contribution in [3.05, 3.63) is 139 Å². The Labute approximate surface area is 269 Å². The third-order valence-electron chi connectivity index (χ3n) is 7.38. The van der Waals surface area contributed by atoms with E-state index in [1.54, 1.807) is 24.3 Å². The number of allylic oxidation sites excluding steroid dienone is 1. The Morgan fingerprint density at radius 1 is 0.727 bits per heavy atom. The maximum absolute atomic E-state index is 12.0. The van der Waals surface area contributed by atoms with Gasteiger partial charge in [0.05, 0.1) is 0 Å². The number of aryl methyl sites for hydroxylation is 2. The highest BCUT2D eigenvalue weighted by Crippen LogP contribution is 2.50. The number of carbonyl (C=O) groups excluding carboxylic acids is 2. The highest BCUT2D eigenvalue weighted by atomic mass is 32.2. The monoisotopic (exact) mass is 624 g/mol. The molecule has 2 aromatic carbocycles. The quantitative estimate of drug-likeness (QED) is 0.111. The Morgan fingerprint density at radius 2 is 1.23 bits per heavy atom. The molecule has 228 valence electrons. The number of thiophene rings is 1. The van der Waals surface area contributed by atoms with Crippen molar-refractivity contribution in [2.75, 3.05) is 0 Å². The van der Waals surface area contributed by atoms with Crippen molar-refractivity contribution in [3.8, 4) is 10.4 Å². The molecule has 1 aromatic heterocycles. The fraction of sp³-hybridized carbons (Fsp3) is 0.263. The molecular formula is C38H40O4S2. The fourth-order valence-electron chi connectivity index (χ4n) is 4.87. The number of thioether (sulfide) groups is 1. The minimum atomic E-state index is -0.427. The van der Waals surface area contributed by atoms with Gasteiger partial charge in [-0.25, -0.2) is 0 Å². The summed E-state index contributed by atoms with van der Waals surface area (Å²) >= 11 is 3.75. The normalized spacial score (nSPS) is 14.2. The van der Waals surface area contributed by atoms with Crippen LogP contribution in [-0.2, 0) is 31.9 Å². The van der Waals surface area contributed by atoms with E-state index in [4.69, 9.17) is 9.47 Å². The second-order valence-corrected chi connectivity index (χ2v) is 12.9. The van der Waals surface area contributed by atoms with Crippen molar-refractivity contribution >= 4 is 39.9 Å². The summed E-state index contributed by atoms with van der Waals surface area (Å²) < 4.78 is 10.6. The van der Waals surface area contributed by atoms with E-state index in [0.717, 1.165) is 32.1 Å². The smallest absolute Gasteiger partial charge is 0.306 e. The molecule has 0 fully saturated rings. The molecule has 4 nitrogen and oxygen atoms in total. The summed E-state index contributed by atoms with van der Waals surface area (Å²) in [4.78, 5) is 27.8. The standard InChI is InChI=1S/C38H40O4S2/c1-5-31(6-2)41-37(39)13-9-11-27-15-19-29(20-16-27)33-23-25-35(43-33)36-26-24-34(44-36)30-21-17-28(18-22-30)12-10-14-38(40)42-32(7-3)8-4/h5-8,15-23,25-26,31-32,34H,1-4,9-14,24H2. The lowest BCUT2D eigenvalue weighted by Crippen LogP contribution is -2.13. The molecule has 0 saturated heterocycles. The van der Waals surface area contributed by atoms with E-state index in [1.807, 2.05) is 23.1 Å². The van der Waals surface area contributed by atoms with Crippen LogP contribution >= 0.6 is 23.1 Å². The molecule has 44 heavy (non-hydrogen) atoms. The first kappa shape index (κ1) is 33.0. The second kappa shape index (κ2) is 16.8. The summed E-state index contributed by atoms with van der Waals surface area (Å²) in [6, 6.07) is 21.8. The van der Waals surface area contributed by atoms with Crippen LogP contribution in [0.1, 0.15) is 58.9 Å². The van der Waals surface area contributed by atoms with Crippen LogP contribution in [0.3, 0.4) is 0 Å². The Hall–Kier alpha value is -3.87. The lowest BCUT2D eigenvalue weighted by atomic mass is 10.0. The van der Waals surface area contributed by atoms with E-state index in [0.29, 0.717) is 18.1 Å². The third kappa shape index (κ3) is 9.57. The topological polar surface area (TPSA) is 52.6 Å². The minimum Gasteiger partial charge on any atom is -0.454 e. The Balaban J connectivity index is 1.22. The van der Waals surface area contributed by atoms with Crippen LogP contribution in [-0.4, -0.2) is 24.1 Å². The maximum Gasteiger partial charge on any atom is 0.306 e. The lowest BCUT2D eigenvalue weighted by Gasteiger charge is -2.12. The van der Waals surface area contributed by atoms with E-state index in [-0.39, 0.29) is 11.9 Å². The first-order chi connectivity index (χ1) is 21.4. The number of hydrogen-bond acceptors (Lipinski definition) is 6. The lowest BCUT2D eigenvalue weighted by molar-refractivity contribution is -0.146. The molecule has 0 spiro atoms. The molecule has 3 aromatic rings. The van der Waals surface area contributed by atoms with Gasteiger partial charge in [0.25, 0.3) is 0 Å². The number of ether oxygens (including phenoxy) is 2. The van der Waals surface area contributed by atoms with Crippen LogP contribution in [0.2, 0.25) is 0 Å². The van der Waals surface area contributed by atoms with Gasteiger partial charge in [0.2, 0.25) is 0 Å². The third-order valence-corrected chi connectivity index (χ3v) is 10.1.